The van der Waals surface area contributed by atoms with Gasteiger partial charge in [0.05, 0.1) is 17.9 Å². The molecule has 0 saturated carbocycles. The van der Waals surface area contributed by atoms with E-state index in [9.17, 15) is 18.0 Å². The van der Waals surface area contributed by atoms with Crippen LogP contribution in [-0.4, -0.2) is 55.6 Å². The number of anilines is 1. The van der Waals surface area contributed by atoms with E-state index in [1.807, 2.05) is 47.4 Å². The van der Waals surface area contributed by atoms with E-state index >= 15 is 0 Å². The monoisotopic (exact) mass is 583 g/mol. The fourth-order valence-corrected chi connectivity index (χ4v) is 5.92. The molecule has 4 rings (SSSR count). The second-order valence-corrected chi connectivity index (χ2v) is 11.9. The minimum absolute atomic E-state index is 0.112. The Hall–Kier alpha value is -3.01. The first-order chi connectivity index (χ1) is 17.8. The van der Waals surface area contributed by atoms with Gasteiger partial charge in [0.25, 0.3) is 0 Å². The zero-order chi connectivity index (χ0) is 26.3. The van der Waals surface area contributed by atoms with E-state index < -0.39 is 15.9 Å². The van der Waals surface area contributed by atoms with E-state index in [1.165, 1.54) is 16.4 Å². The van der Waals surface area contributed by atoms with Crippen LogP contribution >= 0.6 is 15.9 Å². The van der Waals surface area contributed by atoms with Gasteiger partial charge in [-0.15, -0.1) is 0 Å². The number of carbonyl (C=O) groups is 2. The van der Waals surface area contributed by atoms with Crippen LogP contribution in [0, 0.1) is 0 Å². The molecule has 37 heavy (non-hydrogen) atoms. The maximum atomic E-state index is 13.4. The zero-order valence-electron chi connectivity index (χ0n) is 20.5. The molecule has 9 heteroatoms. The third kappa shape index (κ3) is 7.50. The minimum atomic E-state index is -3.89. The van der Waals surface area contributed by atoms with Gasteiger partial charge in [0, 0.05) is 29.8 Å². The van der Waals surface area contributed by atoms with Crippen molar-refractivity contribution in [3.63, 3.8) is 0 Å². The highest BCUT2D eigenvalue weighted by atomic mass is 79.9. The van der Waals surface area contributed by atoms with Gasteiger partial charge >= 0.3 is 0 Å². The lowest BCUT2D eigenvalue weighted by Crippen LogP contribution is -2.39. The molecule has 0 unspecified atom stereocenters. The number of amides is 2. The summed E-state index contributed by atoms with van der Waals surface area (Å²) in [5.41, 5.74) is 2.40. The molecule has 2 amide bonds. The fraction of sp³-hybridized carbons (Fsp3) is 0.286. The molecule has 7 nitrogen and oxygen atoms in total. The summed E-state index contributed by atoms with van der Waals surface area (Å²) in [5, 5.41) is 2.79. The largest absolute Gasteiger partial charge is 0.342 e. The SMILES string of the molecule is O=C(CN(CCc1ccccc1)S(=O)(=O)c1ccc(Br)cc1)Nc1ccc(CC(=O)N2CCCC2)cc1. The first-order valence-electron chi connectivity index (χ1n) is 12.3. The van der Waals surface area contributed by atoms with Gasteiger partial charge in [-0.3, -0.25) is 9.59 Å². The normalized spacial score (nSPS) is 13.6. The third-order valence-electron chi connectivity index (χ3n) is 6.32. The Kier molecular flexibility index (Phi) is 9.13. The van der Waals surface area contributed by atoms with Crippen molar-refractivity contribution >= 4 is 43.5 Å². The van der Waals surface area contributed by atoms with Crippen LogP contribution < -0.4 is 5.32 Å². The molecule has 0 aromatic heterocycles. The molecule has 3 aromatic rings. The Morgan fingerprint density at radius 1 is 0.865 bits per heavy atom. The summed E-state index contributed by atoms with van der Waals surface area (Å²) in [7, 11) is -3.89. The summed E-state index contributed by atoms with van der Waals surface area (Å²) < 4.78 is 28.8. The molecule has 0 radical (unpaired) electrons. The van der Waals surface area contributed by atoms with Crippen molar-refractivity contribution < 1.29 is 18.0 Å². The highest BCUT2D eigenvalue weighted by Crippen LogP contribution is 2.20. The fourth-order valence-electron chi connectivity index (χ4n) is 4.26. The van der Waals surface area contributed by atoms with Crippen LogP contribution in [-0.2, 0) is 32.5 Å². The highest BCUT2D eigenvalue weighted by molar-refractivity contribution is 9.10. The van der Waals surface area contributed by atoms with Crippen molar-refractivity contribution in [3.05, 3.63) is 94.5 Å². The van der Waals surface area contributed by atoms with Gasteiger partial charge in [-0.25, -0.2) is 8.42 Å². The van der Waals surface area contributed by atoms with Crippen LogP contribution in [0.4, 0.5) is 5.69 Å². The van der Waals surface area contributed by atoms with Gasteiger partial charge in [-0.2, -0.15) is 4.31 Å². The summed E-state index contributed by atoms with van der Waals surface area (Å²) in [5.74, 6) is -0.323. The van der Waals surface area contributed by atoms with Crippen LogP contribution in [0.2, 0.25) is 0 Å². The van der Waals surface area contributed by atoms with Crippen LogP contribution in [0.1, 0.15) is 24.0 Å². The van der Waals surface area contributed by atoms with Gasteiger partial charge in [0.15, 0.2) is 0 Å². The van der Waals surface area contributed by atoms with Crippen molar-refractivity contribution in [3.8, 4) is 0 Å². The van der Waals surface area contributed by atoms with E-state index in [4.69, 9.17) is 0 Å². The maximum absolute atomic E-state index is 13.4. The Labute approximate surface area is 226 Å². The van der Waals surface area contributed by atoms with Crippen molar-refractivity contribution in [2.45, 2.75) is 30.6 Å². The second-order valence-electron chi connectivity index (χ2n) is 9.04. The molecular formula is C28H30BrN3O4S. The standard InChI is InChI=1S/C28H30BrN3O4S/c29-24-10-14-26(15-11-24)37(35,36)32(19-16-22-6-2-1-3-7-22)21-27(33)30-25-12-8-23(9-13-25)20-28(34)31-17-4-5-18-31/h1-3,6-15H,4-5,16-21H2,(H,30,33). The molecule has 1 N–H and O–H groups in total. The lowest BCUT2D eigenvalue weighted by atomic mass is 10.1. The molecular weight excluding hydrogens is 554 g/mol. The van der Waals surface area contributed by atoms with Crippen molar-refractivity contribution in [1.82, 2.24) is 9.21 Å². The Balaban J connectivity index is 1.42. The molecule has 0 atom stereocenters. The average molecular weight is 585 g/mol. The molecule has 0 spiro atoms. The summed E-state index contributed by atoms with van der Waals surface area (Å²) in [6.45, 7) is 1.47. The second kappa shape index (κ2) is 12.5. The van der Waals surface area contributed by atoms with E-state index in [0.717, 1.165) is 41.5 Å². The van der Waals surface area contributed by atoms with Gasteiger partial charge in [-0.1, -0.05) is 58.4 Å². The molecule has 0 aliphatic carbocycles. The molecule has 1 aliphatic heterocycles. The number of rotatable bonds is 10. The minimum Gasteiger partial charge on any atom is -0.342 e. The number of hydrogen-bond acceptors (Lipinski definition) is 4. The van der Waals surface area contributed by atoms with Crippen molar-refractivity contribution in [2.24, 2.45) is 0 Å². The number of nitrogens with zero attached hydrogens (tertiary/aromatic N) is 2. The number of sulfonamides is 1. The first kappa shape index (κ1) is 27.0. The number of halogens is 1. The number of hydrogen-bond donors (Lipinski definition) is 1. The summed E-state index contributed by atoms with van der Waals surface area (Å²) in [6.07, 6.45) is 2.91. The number of likely N-dealkylation sites (tertiary alicyclic amines) is 1. The number of nitrogens with one attached hydrogen (secondary N) is 1. The molecule has 1 fully saturated rings. The molecule has 1 aliphatic rings. The van der Waals surface area contributed by atoms with E-state index in [1.54, 1.807) is 24.3 Å². The third-order valence-corrected chi connectivity index (χ3v) is 8.70. The van der Waals surface area contributed by atoms with Crippen LogP contribution in [0.15, 0.2) is 88.2 Å². The first-order valence-corrected chi connectivity index (χ1v) is 14.5. The molecule has 1 saturated heterocycles. The Bertz CT molecular complexity index is 1310. The topological polar surface area (TPSA) is 86.8 Å². The quantitative estimate of drug-likeness (QED) is 0.381. The molecule has 194 valence electrons. The van der Waals surface area contributed by atoms with Gasteiger partial charge in [-0.05, 0) is 66.8 Å². The van der Waals surface area contributed by atoms with Crippen LogP contribution in [0.5, 0.6) is 0 Å². The lowest BCUT2D eigenvalue weighted by Gasteiger charge is -2.22. The Morgan fingerprint density at radius 2 is 1.51 bits per heavy atom. The van der Waals surface area contributed by atoms with Crippen molar-refractivity contribution in [1.29, 1.82) is 0 Å². The summed E-state index contributed by atoms with van der Waals surface area (Å²) in [6, 6.07) is 23.0. The lowest BCUT2D eigenvalue weighted by molar-refractivity contribution is -0.129. The number of carbonyl (C=O) groups excluding carboxylic acids is 2. The van der Waals surface area contributed by atoms with Crippen molar-refractivity contribution in [2.75, 3.05) is 31.5 Å². The Morgan fingerprint density at radius 3 is 2.16 bits per heavy atom. The highest BCUT2D eigenvalue weighted by Gasteiger charge is 2.26. The smallest absolute Gasteiger partial charge is 0.243 e. The summed E-state index contributed by atoms with van der Waals surface area (Å²) >= 11 is 3.33. The molecule has 1 heterocycles. The van der Waals surface area contributed by atoms with Gasteiger partial charge < -0.3 is 10.2 Å². The number of benzene rings is 3. The predicted octanol–water partition coefficient (Wildman–Crippen LogP) is 4.49. The summed E-state index contributed by atoms with van der Waals surface area (Å²) in [4.78, 5) is 27.3. The maximum Gasteiger partial charge on any atom is 0.243 e. The van der Waals surface area contributed by atoms with Crippen LogP contribution in [0.25, 0.3) is 0 Å². The molecule has 0 bridgehead atoms. The van der Waals surface area contributed by atoms with Gasteiger partial charge in [0.2, 0.25) is 21.8 Å². The average Bonchev–Trinajstić information content (AvgIpc) is 3.44. The van der Waals surface area contributed by atoms with E-state index in [0.29, 0.717) is 18.5 Å². The van der Waals surface area contributed by atoms with Gasteiger partial charge in [0.1, 0.15) is 0 Å². The molecule has 3 aromatic carbocycles. The van der Waals surface area contributed by atoms with Crippen LogP contribution in [0.3, 0.4) is 0 Å². The zero-order valence-corrected chi connectivity index (χ0v) is 22.9. The van der Waals surface area contributed by atoms with E-state index in [2.05, 4.69) is 21.2 Å². The van der Waals surface area contributed by atoms with E-state index in [-0.39, 0.29) is 23.9 Å². The predicted molar refractivity (Wildman–Crippen MR) is 148 cm³/mol.